The average Bonchev–Trinajstić information content (AvgIpc) is 2.82. The van der Waals surface area contributed by atoms with Crippen molar-refractivity contribution in [3.8, 4) is 0 Å². The average molecular weight is 519 g/mol. The molecule has 0 saturated carbocycles. The lowest BCUT2D eigenvalue weighted by molar-refractivity contribution is -0.162. The molecule has 0 spiro atoms. The van der Waals surface area contributed by atoms with E-state index >= 15 is 0 Å². The van der Waals surface area contributed by atoms with E-state index in [-0.39, 0.29) is 44.1 Å². The van der Waals surface area contributed by atoms with Crippen molar-refractivity contribution in [1.82, 2.24) is 5.32 Å². The predicted octanol–water partition coefficient (Wildman–Crippen LogP) is 3.12. The number of carbonyl (C=O) groups excluding carboxylic acids is 5. The number of nitrogens with one attached hydrogen (secondary N) is 1. The van der Waals surface area contributed by atoms with E-state index in [1.54, 1.807) is 13.8 Å². The Hall–Kier alpha value is -3.07. The first-order valence-electron chi connectivity index (χ1n) is 12.7. The highest BCUT2D eigenvalue weighted by molar-refractivity contribution is 5.93. The van der Waals surface area contributed by atoms with E-state index in [4.69, 9.17) is 15.2 Å². The number of hydrogen-bond donors (Lipinski definition) is 2. The molecule has 1 aromatic carbocycles. The third-order valence-electron chi connectivity index (χ3n) is 5.97. The van der Waals surface area contributed by atoms with Crippen LogP contribution >= 0.6 is 0 Å². The van der Waals surface area contributed by atoms with Crippen molar-refractivity contribution < 1.29 is 33.4 Å². The van der Waals surface area contributed by atoms with E-state index in [2.05, 4.69) is 5.32 Å². The minimum absolute atomic E-state index is 0.0452. The zero-order valence-corrected chi connectivity index (χ0v) is 22.9. The summed E-state index contributed by atoms with van der Waals surface area (Å²) in [5.74, 6) is -4.69. The van der Waals surface area contributed by atoms with E-state index in [9.17, 15) is 24.0 Å². The van der Waals surface area contributed by atoms with Crippen LogP contribution < -0.4 is 11.1 Å². The van der Waals surface area contributed by atoms with Crippen molar-refractivity contribution in [1.29, 1.82) is 0 Å². The number of benzene rings is 1. The Morgan fingerprint density at radius 1 is 0.973 bits per heavy atom. The monoisotopic (exact) mass is 518 g/mol. The highest BCUT2D eigenvalue weighted by Crippen LogP contribution is 2.23. The third kappa shape index (κ3) is 12.6. The van der Waals surface area contributed by atoms with Gasteiger partial charge in [-0.1, -0.05) is 44.2 Å². The number of amides is 2. The summed E-state index contributed by atoms with van der Waals surface area (Å²) in [5.41, 5.74) is 5.53. The van der Waals surface area contributed by atoms with Gasteiger partial charge in [-0.25, -0.2) is 0 Å². The molecule has 4 atom stereocenters. The van der Waals surface area contributed by atoms with Crippen molar-refractivity contribution in [2.45, 2.75) is 85.5 Å². The van der Waals surface area contributed by atoms with E-state index in [0.717, 1.165) is 5.56 Å². The molecule has 1 aromatic rings. The number of carbonyl (C=O) groups is 5. The summed E-state index contributed by atoms with van der Waals surface area (Å²) in [4.78, 5) is 62.4. The molecule has 206 valence electrons. The highest BCUT2D eigenvalue weighted by Gasteiger charge is 2.34. The standard InChI is InChI=1S/C28H42N2O7/c1-7-18(2)24(32)16-30-26(34)21(14-25(29)33)13-22(31)15-23(19(3)37-28(4,5)6)27(35)36-17-20-11-9-8-10-12-20/h8-12,18-19,21,23H,7,13-17H2,1-6H3,(H2,29,33)(H,30,34)/t18-,19?,21-,23-/m0/s1. The zero-order chi connectivity index (χ0) is 28.2. The Labute approximate surface area is 219 Å². The molecule has 2 amide bonds. The fourth-order valence-electron chi connectivity index (χ4n) is 3.74. The normalized spacial score (nSPS) is 14.6. The highest BCUT2D eigenvalue weighted by atomic mass is 16.5. The first-order chi connectivity index (χ1) is 17.2. The lowest BCUT2D eigenvalue weighted by atomic mass is 9.90. The topological polar surface area (TPSA) is 142 Å². The minimum Gasteiger partial charge on any atom is -0.461 e. The van der Waals surface area contributed by atoms with Gasteiger partial charge in [0, 0.05) is 25.2 Å². The van der Waals surface area contributed by atoms with Gasteiger partial charge in [0.25, 0.3) is 0 Å². The van der Waals surface area contributed by atoms with Gasteiger partial charge in [0.2, 0.25) is 11.8 Å². The number of nitrogens with two attached hydrogens (primary N) is 1. The number of rotatable bonds is 16. The number of ether oxygens (including phenoxy) is 2. The summed E-state index contributed by atoms with van der Waals surface area (Å²) < 4.78 is 11.4. The van der Waals surface area contributed by atoms with Gasteiger partial charge in [-0.3, -0.25) is 24.0 Å². The van der Waals surface area contributed by atoms with Crippen LogP contribution in [0.5, 0.6) is 0 Å². The second-order valence-corrected chi connectivity index (χ2v) is 10.4. The summed E-state index contributed by atoms with van der Waals surface area (Å²) in [6.07, 6.45) is -0.916. The number of primary amides is 1. The summed E-state index contributed by atoms with van der Waals surface area (Å²) in [5, 5.41) is 2.51. The molecule has 1 unspecified atom stereocenters. The molecule has 0 radical (unpaired) electrons. The Bertz CT molecular complexity index is 924. The molecule has 9 heteroatoms. The molecule has 0 heterocycles. The maximum absolute atomic E-state index is 13.0. The molecule has 0 saturated heterocycles. The number of esters is 1. The van der Waals surface area contributed by atoms with Crippen LogP contribution in [0.2, 0.25) is 0 Å². The van der Waals surface area contributed by atoms with Crippen LogP contribution in [0.4, 0.5) is 0 Å². The summed E-state index contributed by atoms with van der Waals surface area (Å²) in [7, 11) is 0. The van der Waals surface area contributed by atoms with E-state index in [0.29, 0.717) is 6.42 Å². The van der Waals surface area contributed by atoms with Crippen LogP contribution in [0.3, 0.4) is 0 Å². The molecule has 0 aliphatic carbocycles. The van der Waals surface area contributed by atoms with Crippen LogP contribution in [0.25, 0.3) is 0 Å². The fourth-order valence-corrected chi connectivity index (χ4v) is 3.74. The Kier molecular flexibility index (Phi) is 13.2. The van der Waals surface area contributed by atoms with Crippen molar-refractivity contribution in [3.63, 3.8) is 0 Å². The zero-order valence-electron chi connectivity index (χ0n) is 22.9. The maximum Gasteiger partial charge on any atom is 0.312 e. The Morgan fingerprint density at radius 3 is 2.14 bits per heavy atom. The fraction of sp³-hybridized carbons (Fsp3) is 0.607. The first-order valence-corrected chi connectivity index (χ1v) is 12.7. The molecule has 37 heavy (non-hydrogen) atoms. The maximum atomic E-state index is 13.0. The minimum atomic E-state index is -1.05. The Morgan fingerprint density at radius 2 is 1.59 bits per heavy atom. The largest absolute Gasteiger partial charge is 0.461 e. The molecule has 0 fully saturated rings. The van der Waals surface area contributed by atoms with Gasteiger partial charge in [0.15, 0.2) is 5.78 Å². The van der Waals surface area contributed by atoms with Crippen molar-refractivity contribution in [3.05, 3.63) is 35.9 Å². The van der Waals surface area contributed by atoms with Gasteiger partial charge in [0.05, 0.1) is 30.1 Å². The number of hydrogen-bond acceptors (Lipinski definition) is 7. The van der Waals surface area contributed by atoms with Gasteiger partial charge in [0.1, 0.15) is 12.4 Å². The van der Waals surface area contributed by atoms with Gasteiger partial charge >= 0.3 is 5.97 Å². The van der Waals surface area contributed by atoms with Crippen LogP contribution in [-0.4, -0.2) is 47.6 Å². The Balaban J connectivity index is 2.93. The van der Waals surface area contributed by atoms with Gasteiger partial charge in [-0.15, -0.1) is 0 Å². The van der Waals surface area contributed by atoms with Gasteiger partial charge in [-0.05, 0) is 39.7 Å². The van der Waals surface area contributed by atoms with E-state index in [1.165, 1.54) is 0 Å². The van der Waals surface area contributed by atoms with Crippen LogP contribution in [0, 0.1) is 17.8 Å². The summed E-state index contributed by atoms with van der Waals surface area (Å²) in [6, 6.07) is 9.15. The van der Waals surface area contributed by atoms with Gasteiger partial charge < -0.3 is 20.5 Å². The lowest BCUT2D eigenvalue weighted by Gasteiger charge is -2.30. The molecular formula is C28H42N2O7. The second-order valence-electron chi connectivity index (χ2n) is 10.4. The first kappa shape index (κ1) is 32.0. The van der Waals surface area contributed by atoms with Crippen molar-refractivity contribution in [2.75, 3.05) is 6.54 Å². The van der Waals surface area contributed by atoms with Crippen LogP contribution in [-0.2, 0) is 40.1 Å². The molecular weight excluding hydrogens is 476 g/mol. The van der Waals surface area contributed by atoms with Gasteiger partial charge in [-0.2, -0.15) is 0 Å². The summed E-state index contributed by atoms with van der Waals surface area (Å²) in [6.45, 7) is 10.7. The molecule has 0 aliphatic rings. The molecule has 0 aromatic heterocycles. The van der Waals surface area contributed by atoms with E-state index < -0.39 is 47.1 Å². The quantitative estimate of drug-likeness (QED) is 0.320. The summed E-state index contributed by atoms with van der Waals surface area (Å²) >= 11 is 0. The molecule has 3 N–H and O–H groups in total. The number of ketones is 2. The second kappa shape index (κ2) is 15.2. The molecule has 0 bridgehead atoms. The van der Waals surface area contributed by atoms with Crippen LogP contribution in [0.15, 0.2) is 30.3 Å². The third-order valence-corrected chi connectivity index (χ3v) is 5.97. The lowest BCUT2D eigenvalue weighted by Crippen LogP contribution is -2.40. The number of Topliss-reactive ketones (excluding diaryl/α,β-unsaturated/α-hetero) is 2. The van der Waals surface area contributed by atoms with Crippen molar-refractivity contribution >= 4 is 29.4 Å². The van der Waals surface area contributed by atoms with E-state index in [1.807, 2.05) is 58.0 Å². The molecule has 0 aliphatic heterocycles. The molecule has 1 rings (SSSR count). The smallest absolute Gasteiger partial charge is 0.312 e. The predicted molar refractivity (Wildman–Crippen MR) is 139 cm³/mol. The van der Waals surface area contributed by atoms with Crippen LogP contribution in [0.1, 0.15) is 72.8 Å². The van der Waals surface area contributed by atoms with Crippen molar-refractivity contribution in [2.24, 2.45) is 23.5 Å². The SMILES string of the molecule is CC[C@H](C)C(=O)CNC(=O)[C@H](CC(N)=O)CC(=O)C[C@H](C(=O)OCc1ccccc1)C(C)OC(C)(C)C. The molecule has 9 nitrogen and oxygen atoms in total.